The second kappa shape index (κ2) is 6.23. The van der Waals surface area contributed by atoms with Crippen LogP contribution < -0.4 is 4.74 Å². The highest BCUT2D eigenvalue weighted by molar-refractivity contribution is 5.88. The summed E-state index contributed by atoms with van der Waals surface area (Å²) in [6.45, 7) is 2.32. The number of hydrogen-bond acceptors (Lipinski definition) is 4. The molecule has 1 aliphatic rings. The number of nitrogens with zero attached hydrogens (tertiary/aromatic N) is 1. The highest BCUT2D eigenvalue weighted by Crippen LogP contribution is 2.34. The molecule has 0 amide bonds. The first kappa shape index (κ1) is 14.7. The van der Waals surface area contributed by atoms with Gasteiger partial charge in [-0.25, -0.2) is 4.79 Å². The monoisotopic (exact) mass is 301 g/mol. The van der Waals surface area contributed by atoms with Crippen molar-refractivity contribution < 1.29 is 19.1 Å². The van der Waals surface area contributed by atoms with Crippen molar-refractivity contribution in [2.75, 3.05) is 20.2 Å². The molecular formula is C17H19NO4. The number of furan rings is 1. The molecule has 5 nitrogen and oxygen atoms in total. The number of ether oxygens (including phenoxy) is 1. The lowest BCUT2D eigenvalue weighted by molar-refractivity contribution is 0.0693. The Morgan fingerprint density at radius 1 is 1.41 bits per heavy atom. The first-order chi connectivity index (χ1) is 10.7. The molecule has 1 aliphatic heterocycles. The molecule has 1 saturated heterocycles. The van der Waals surface area contributed by atoms with Gasteiger partial charge in [0.05, 0.1) is 19.9 Å². The Morgan fingerprint density at radius 2 is 2.23 bits per heavy atom. The molecule has 1 atom stereocenters. The summed E-state index contributed by atoms with van der Waals surface area (Å²) in [5, 5.41) is 9.13. The lowest BCUT2D eigenvalue weighted by atomic mass is 9.97. The van der Waals surface area contributed by atoms with Crippen molar-refractivity contribution in [2.24, 2.45) is 0 Å². The van der Waals surface area contributed by atoms with Crippen LogP contribution in [-0.4, -0.2) is 36.2 Å². The smallest absolute Gasteiger partial charge is 0.339 e. The molecule has 3 rings (SSSR count). The molecule has 0 radical (unpaired) electrons. The molecule has 5 heteroatoms. The third-order valence-corrected chi connectivity index (χ3v) is 4.19. The fraction of sp³-hybridized carbons (Fsp3) is 0.353. The van der Waals surface area contributed by atoms with E-state index < -0.39 is 5.97 Å². The number of aromatic carboxylic acids is 1. The summed E-state index contributed by atoms with van der Waals surface area (Å²) in [6.07, 6.45) is 2.47. The standard InChI is InChI=1S/C17H19NO4/c1-21-15-5-3-2-4-13(15)12-6-8-18(10-12)11-16-14(17(19)20)7-9-22-16/h2-5,7,9,12H,6,8,10-11H2,1H3,(H,19,20). The Bertz CT molecular complexity index is 664. The minimum atomic E-state index is -0.941. The molecule has 1 aromatic heterocycles. The second-order valence-electron chi connectivity index (χ2n) is 5.53. The van der Waals surface area contributed by atoms with E-state index in [2.05, 4.69) is 11.0 Å². The van der Waals surface area contributed by atoms with Crippen LogP contribution in [0, 0.1) is 0 Å². The molecule has 1 N–H and O–H groups in total. The van der Waals surface area contributed by atoms with Crippen molar-refractivity contribution in [2.45, 2.75) is 18.9 Å². The van der Waals surface area contributed by atoms with Crippen molar-refractivity contribution in [3.63, 3.8) is 0 Å². The van der Waals surface area contributed by atoms with E-state index >= 15 is 0 Å². The largest absolute Gasteiger partial charge is 0.496 e. The summed E-state index contributed by atoms with van der Waals surface area (Å²) in [4.78, 5) is 13.4. The van der Waals surface area contributed by atoms with Gasteiger partial charge in [0.2, 0.25) is 0 Å². The molecule has 0 bridgehead atoms. The van der Waals surface area contributed by atoms with E-state index in [9.17, 15) is 4.79 Å². The number of carboxylic acid groups (broad SMARTS) is 1. The molecule has 22 heavy (non-hydrogen) atoms. The van der Waals surface area contributed by atoms with Gasteiger partial charge in [-0.15, -0.1) is 0 Å². The number of para-hydroxylation sites is 1. The number of hydrogen-bond donors (Lipinski definition) is 1. The first-order valence-electron chi connectivity index (χ1n) is 7.34. The maximum absolute atomic E-state index is 11.1. The number of carboxylic acids is 1. The van der Waals surface area contributed by atoms with Crippen LogP contribution in [0.1, 0.15) is 34.0 Å². The van der Waals surface area contributed by atoms with E-state index in [1.165, 1.54) is 17.9 Å². The predicted octanol–water partition coefficient (Wildman–Crippen LogP) is 2.98. The third-order valence-electron chi connectivity index (χ3n) is 4.19. The van der Waals surface area contributed by atoms with E-state index in [0.717, 1.165) is 25.3 Å². The first-order valence-corrected chi connectivity index (χ1v) is 7.34. The van der Waals surface area contributed by atoms with Crippen LogP contribution in [0.3, 0.4) is 0 Å². The van der Waals surface area contributed by atoms with E-state index in [1.54, 1.807) is 7.11 Å². The molecule has 2 heterocycles. The molecule has 116 valence electrons. The van der Waals surface area contributed by atoms with Gasteiger partial charge in [-0.05, 0) is 30.7 Å². The fourth-order valence-electron chi connectivity index (χ4n) is 3.09. The van der Waals surface area contributed by atoms with E-state index in [1.807, 2.05) is 18.2 Å². The number of methoxy groups -OCH3 is 1. The van der Waals surface area contributed by atoms with E-state index in [0.29, 0.717) is 18.2 Å². The zero-order valence-electron chi connectivity index (χ0n) is 12.5. The van der Waals surface area contributed by atoms with Gasteiger partial charge in [0.25, 0.3) is 0 Å². The summed E-state index contributed by atoms with van der Waals surface area (Å²) in [7, 11) is 1.69. The van der Waals surface area contributed by atoms with Crippen LogP contribution >= 0.6 is 0 Å². The lowest BCUT2D eigenvalue weighted by Crippen LogP contribution is -2.20. The van der Waals surface area contributed by atoms with E-state index in [4.69, 9.17) is 14.3 Å². The van der Waals surface area contributed by atoms with Gasteiger partial charge >= 0.3 is 5.97 Å². The molecule has 2 aromatic rings. The Labute approximate surface area is 129 Å². The number of benzene rings is 1. The topological polar surface area (TPSA) is 62.9 Å². The summed E-state index contributed by atoms with van der Waals surface area (Å²) >= 11 is 0. The van der Waals surface area contributed by atoms with Crippen molar-refractivity contribution in [1.82, 2.24) is 4.90 Å². The SMILES string of the molecule is COc1ccccc1C1CCN(Cc2occc2C(=O)O)C1. The normalized spacial score (nSPS) is 18.5. The van der Waals surface area contributed by atoms with Crippen molar-refractivity contribution in [1.29, 1.82) is 0 Å². The highest BCUT2D eigenvalue weighted by atomic mass is 16.5. The Balaban J connectivity index is 1.70. The number of likely N-dealkylation sites (tertiary alicyclic amines) is 1. The number of carbonyl (C=O) groups is 1. The van der Waals surface area contributed by atoms with Gasteiger partial charge in [-0.3, -0.25) is 4.90 Å². The van der Waals surface area contributed by atoms with Crippen LogP contribution in [0.2, 0.25) is 0 Å². The molecule has 1 unspecified atom stereocenters. The van der Waals surface area contributed by atoms with Gasteiger partial charge in [0.15, 0.2) is 0 Å². The molecule has 0 saturated carbocycles. The minimum absolute atomic E-state index is 0.251. The van der Waals surface area contributed by atoms with Crippen LogP contribution in [0.4, 0.5) is 0 Å². The van der Waals surface area contributed by atoms with Crippen LogP contribution in [0.15, 0.2) is 41.0 Å². The quantitative estimate of drug-likeness (QED) is 0.920. The van der Waals surface area contributed by atoms with Crippen molar-refractivity contribution in [3.8, 4) is 5.75 Å². The molecular weight excluding hydrogens is 282 g/mol. The summed E-state index contributed by atoms with van der Waals surface area (Å²) in [5.74, 6) is 0.898. The van der Waals surface area contributed by atoms with Gasteiger partial charge in [0, 0.05) is 12.5 Å². The van der Waals surface area contributed by atoms with Crippen LogP contribution in [0.5, 0.6) is 5.75 Å². The fourth-order valence-corrected chi connectivity index (χ4v) is 3.09. The predicted molar refractivity (Wildman–Crippen MR) is 81.3 cm³/mol. The molecule has 1 fully saturated rings. The highest BCUT2D eigenvalue weighted by Gasteiger charge is 2.27. The Morgan fingerprint density at radius 3 is 3.00 bits per heavy atom. The minimum Gasteiger partial charge on any atom is -0.496 e. The maximum Gasteiger partial charge on any atom is 0.339 e. The Hall–Kier alpha value is -2.27. The maximum atomic E-state index is 11.1. The summed E-state index contributed by atoms with van der Waals surface area (Å²) < 4.78 is 10.8. The lowest BCUT2D eigenvalue weighted by Gasteiger charge is -2.17. The zero-order valence-corrected chi connectivity index (χ0v) is 12.5. The molecule has 1 aromatic carbocycles. The van der Waals surface area contributed by atoms with Crippen LogP contribution in [-0.2, 0) is 6.54 Å². The molecule has 0 aliphatic carbocycles. The van der Waals surface area contributed by atoms with Gasteiger partial charge in [0.1, 0.15) is 17.1 Å². The molecule has 0 spiro atoms. The van der Waals surface area contributed by atoms with Gasteiger partial charge in [-0.1, -0.05) is 18.2 Å². The van der Waals surface area contributed by atoms with Gasteiger partial charge < -0.3 is 14.3 Å². The zero-order chi connectivity index (χ0) is 15.5. The third kappa shape index (κ3) is 2.85. The summed E-state index contributed by atoms with van der Waals surface area (Å²) in [6, 6.07) is 9.58. The van der Waals surface area contributed by atoms with Crippen molar-refractivity contribution >= 4 is 5.97 Å². The Kier molecular flexibility index (Phi) is 4.15. The van der Waals surface area contributed by atoms with Gasteiger partial charge in [-0.2, -0.15) is 0 Å². The van der Waals surface area contributed by atoms with Crippen molar-refractivity contribution in [3.05, 3.63) is 53.5 Å². The average molecular weight is 301 g/mol. The van der Waals surface area contributed by atoms with E-state index in [-0.39, 0.29) is 5.56 Å². The number of rotatable bonds is 5. The average Bonchev–Trinajstić information content (AvgIpc) is 3.17. The van der Waals surface area contributed by atoms with Crippen LogP contribution in [0.25, 0.3) is 0 Å². The second-order valence-corrected chi connectivity index (χ2v) is 5.53. The summed E-state index contributed by atoms with van der Waals surface area (Å²) in [5.41, 5.74) is 1.46.